The minimum Gasteiger partial charge on any atom is -0.467 e. The smallest absolute Gasteiger partial charge is 0.415 e. The zero-order valence-corrected chi connectivity index (χ0v) is 17.0. The molecule has 26 heavy (non-hydrogen) atoms. The number of furan rings is 1. The molecule has 3 heterocycles. The van der Waals surface area contributed by atoms with E-state index in [1.165, 1.54) is 0 Å². The normalized spacial score (nSPS) is 11.8. The number of anilines is 1. The maximum absolute atomic E-state index is 12.9. The van der Waals surface area contributed by atoms with Crippen LogP contribution in [0.1, 0.15) is 37.0 Å². The standard InChI is InChI=1S/C19H21ClN2O3S/c1-11-12(2)26-17-14(9-15(20)21-16(11)17)22(10-13-7-6-8-24-13)18(23)25-19(3,4)5/h6-9H,10H2,1-5H3. The van der Waals surface area contributed by atoms with Crippen molar-refractivity contribution in [1.29, 1.82) is 0 Å². The first-order valence-electron chi connectivity index (χ1n) is 8.25. The summed E-state index contributed by atoms with van der Waals surface area (Å²) in [5.74, 6) is 0.655. The van der Waals surface area contributed by atoms with Crippen molar-refractivity contribution in [2.75, 3.05) is 4.90 Å². The molecule has 0 radical (unpaired) electrons. The van der Waals surface area contributed by atoms with E-state index in [4.69, 9.17) is 20.8 Å². The molecule has 3 aromatic heterocycles. The molecule has 0 fully saturated rings. The van der Waals surface area contributed by atoms with Crippen molar-refractivity contribution >= 4 is 44.9 Å². The first kappa shape index (κ1) is 18.7. The number of carbonyl (C=O) groups excluding carboxylic acids is 1. The minimum atomic E-state index is -0.615. The van der Waals surface area contributed by atoms with Crippen LogP contribution in [0.15, 0.2) is 28.9 Å². The maximum atomic E-state index is 12.9. The topological polar surface area (TPSA) is 55.6 Å². The van der Waals surface area contributed by atoms with Crippen LogP contribution < -0.4 is 4.90 Å². The van der Waals surface area contributed by atoms with Gasteiger partial charge in [0.05, 0.1) is 28.7 Å². The van der Waals surface area contributed by atoms with E-state index in [0.29, 0.717) is 16.6 Å². The fourth-order valence-corrected chi connectivity index (χ4v) is 3.88. The fourth-order valence-electron chi connectivity index (χ4n) is 2.56. The molecule has 0 unspecified atom stereocenters. The molecule has 0 saturated heterocycles. The lowest BCUT2D eigenvalue weighted by molar-refractivity contribution is 0.0575. The van der Waals surface area contributed by atoms with Crippen molar-refractivity contribution in [3.63, 3.8) is 0 Å². The predicted octanol–water partition coefficient (Wildman–Crippen LogP) is 6.10. The average molecular weight is 393 g/mol. The van der Waals surface area contributed by atoms with Gasteiger partial charge in [-0.15, -0.1) is 11.3 Å². The molecule has 1 amide bonds. The highest BCUT2D eigenvalue weighted by Gasteiger charge is 2.27. The van der Waals surface area contributed by atoms with Crippen LogP contribution in [0.2, 0.25) is 5.15 Å². The lowest BCUT2D eigenvalue weighted by atomic mass is 10.2. The van der Waals surface area contributed by atoms with Crippen LogP contribution in [-0.2, 0) is 11.3 Å². The number of hydrogen-bond acceptors (Lipinski definition) is 5. The first-order valence-corrected chi connectivity index (χ1v) is 9.44. The number of hydrogen-bond donors (Lipinski definition) is 0. The summed E-state index contributed by atoms with van der Waals surface area (Å²) in [6, 6.07) is 5.31. The maximum Gasteiger partial charge on any atom is 0.415 e. The van der Waals surface area contributed by atoms with E-state index in [0.717, 1.165) is 20.7 Å². The Labute approximate surface area is 161 Å². The Kier molecular flexibility index (Phi) is 4.99. The number of halogens is 1. The van der Waals surface area contributed by atoms with Gasteiger partial charge in [0.2, 0.25) is 0 Å². The lowest BCUT2D eigenvalue weighted by Crippen LogP contribution is -2.36. The summed E-state index contributed by atoms with van der Waals surface area (Å²) in [6.45, 7) is 9.79. The predicted molar refractivity (Wildman–Crippen MR) is 105 cm³/mol. The molecule has 0 aliphatic heterocycles. The summed E-state index contributed by atoms with van der Waals surface area (Å²) in [5, 5.41) is 0.335. The number of fused-ring (bicyclic) bond motifs is 1. The van der Waals surface area contributed by atoms with Crippen LogP contribution in [-0.4, -0.2) is 16.7 Å². The van der Waals surface area contributed by atoms with Crippen molar-refractivity contribution in [1.82, 2.24) is 4.98 Å². The van der Waals surface area contributed by atoms with E-state index in [-0.39, 0.29) is 6.54 Å². The Hall–Kier alpha value is -2.05. The number of aryl methyl sites for hydroxylation is 2. The van der Waals surface area contributed by atoms with Gasteiger partial charge in [-0.2, -0.15) is 0 Å². The van der Waals surface area contributed by atoms with Gasteiger partial charge in [-0.1, -0.05) is 11.6 Å². The number of nitrogens with zero attached hydrogens (tertiary/aromatic N) is 2. The molecule has 3 aromatic rings. The molecular formula is C19H21ClN2O3S. The van der Waals surface area contributed by atoms with E-state index >= 15 is 0 Å². The van der Waals surface area contributed by atoms with Crippen LogP contribution in [0.25, 0.3) is 10.2 Å². The number of amides is 1. The van der Waals surface area contributed by atoms with Crippen LogP contribution >= 0.6 is 22.9 Å². The van der Waals surface area contributed by atoms with Crippen LogP contribution in [0, 0.1) is 13.8 Å². The average Bonchev–Trinajstić information content (AvgIpc) is 3.13. The Morgan fingerprint density at radius 1 is 1.38 bits per heavy atom. The second-order valence-electron chi connectivity index (χ2n) is 7.07. The van der Waals surface area contributed by atoms with E-state index in [1.807, 2.05) is 40.7 Å². The second kappa shape index (κ2) is 6.93. The molecule has 3 rings (SSSR count). The molecule has 5 nitrogen and oxygen atoms in total. The van der Waals surface area contributed by atoms with E-state index < -0.39 is 11.7 Å². The highest BCUT2D eigenvalue weighted by Crippen LogP contribution is 2.38. The van der Waals surface area contributed by atoms with Crippen molar-refractivity contribution in [3.8, 4) is 0 Å². The van der Waals surface area contributed by atoms with Gasteiger partial charge in [-0.3, -0.25) is 4.90 Å². The summed E-state index contributed by atoms with van der Waals surface area (Å²) < 4.78 is 12.0. The molecule has 0 saturated carbocycles. The van der Waals surface area contributed by atoms with E-state index in [9.17, 15) is 4.79 Å². The number of aromatic nitrogens is 1. The van der Waals surface area contributed by atoms with Gasteiger partial charge < -0.3 is 9.15 Å². The Morgan fingerprint density at radius 2 is 2.12 bits per heavy atom. The largest absolute Gasteiger partial charge is 0.467 e. The van der Waals surface area contributed by atoms with Gasteiger partial charge >= 0.3 is 6.09 Å². The number of thiophene rings is 1. The molecule has 7 heteroatoms. The Balaban J connectivity index is 2.13. The highest BCUT2D eigenvalue weighted by molar-refractivity contribution is 7.19. The zero-order valence-electron chi connectivity index (χ0n) is 15.4. The van der Waals surface area contributed by atoms with Crippen molar-refractivity contribution in [2.24, 2.45) is 0 Å². The lowest BCUT2D eigenvalue weighted by Gasteiger charge is -2.27. The number of rotatable bonds is 3. The number of pyridine rings is 1. The van der Waals surface area contributed by atoms with Gasteiger partial charge in [0, 0.05) is 10.9 Å². The third-order valence-electron chi connectivity index (χ3n) is 3.86. The monoisotopic (exact) mass is 392 g/mol. The quantitative estimate of drug-likeness (QED) is 0.505. The molecule has 0 N–H and O–H groups in total. The van der Waals surface area contributed by atoms with Gasteiger partial charge in [-0.25, -0.2) is 9.78 Å². The van der Waals surface area contributed by atoms with Crippen molar-refractivity contribution < 1.29 is 13.9 Å². The third kappa shape index (κ3) is 3.86. The Bertz CT molecular complexity index is 942. The molecule has 0 bridgehead atoms. The molecule has 138 valence electrons. The van der Waals surface area contributed by atoms with E-state index in [1.54, 1.807) is 34.6 Å². The van der Waals surface area contributed by atoms with Crippen molar-refractivity contribution in [2.45, 2.75) is 46.8 Å². The summed E-state index contributed by atoms with van der Waals surface area (Å²) >= 11 is 7.85. The first-order chi connectivity index (χ1) is 12.2. The van der Waals surface area contributed by atoms with Gasteiger partial charge in [0.15, 0.2) is 0 Å². The summed E-state index contributed by atoms with van der Waals surface area (Å²) in [6.07, 6.45) is 1.12. The van der Waals surface area contributed by atoms with Crippen LogP contribution in [0.4, 0.5) is 10.5 Å². The van der Waals surface area contributed by atoms with E-state index in [2.05, 4.69) is 4.98 Å². The summed E-state index contributed by atoms with van der Waals surface area (Å²) in [5.41, 5.74) is 1.93. The van der Waals surface area contributed by atoms with Crippen molar-refractivity contribution in [3.05, 3.63) is 45.8 Å². The molecule has 0 spiro atoms. The molecular weight excluding hydrogens is 372 g/mol. The van der Waals surface area contributed by atoms with Gasteiger partial charge in [0.1, 0.15) is 16.5 Å². The van der Waals surface area contributed by atoms with Crippen LogP contribution in [0.5, 0.6) is 0 Å². The SMILES string of the molecule is Cc1sc2c(N(Cc3ccco3)C(=O)OC(C)(C)C)cc(Cl)nc2c1C. The zero-order chi connectivity index (χ0) is 19.1. The number of carbonyl (C=O) groups is 1. The van der Waals surface area contributed by atoms with Crippen LogP contribution in [0.3, 0.4) is 0 Å². The number of ether oxygens (including phenoxy) is 1. The summed E-state index contributed by atoms with van der Waals surface area (Å²) in [4.78, 5) is 20.1. The molecule has 0 atom stereocenters. The second-order valence-corrected chi connectivity index (χ2v) is 8.68. The van der Waals surface area contributed by atoms with Gasteiger partial charge in [0.25, 0.3) is 0 Å². The fraction of sp³-hybridized carbons (Fsp3) is 0.368. The molecule has 0 aromatic carbocycles. The minimum absolute atomic E-state index is 0.243. The molecule has 0 aliphatic rings. The van der Waals surface area contributed by atoms with Gasteiger partial charge in [-0.05, 0) is 52.3 Å². The molecule has 0 aliphatic carbocycles. The highest BCUT2D eigenvalue weighted by atomic mass is 35.5. The third-order valence-corrected chi connectivity index (χ3v) is 5.27. The Morgan fingerprint density at radius 3 is 2.73 bits per heavy atom. The summed E-state index contributed by atoms with van der Waals surface area (Å²) in [7, 11) is 0.